The van der Waals surface area contributed by atoms with Crippen molar-refractivity contribution >= 4 is 41.6 Å². The van der Waals surface area contributed by atoms with Crippen molar-refractivity contribution in [3.8, 4) is 0 Å². The van der Waals surface area contributed by atoms with Crippen LogP contribution in [0.3, 0.4) is 0 Å². The zero-order valence-electron chi connectivity index (χ0n) is 23.2. The topological polar surface area (TPSA) is 71.1 Å². The van der Waals surface area contributed by atoms with E-state index in [0.29, 0.717) is 12.8 Å². The molecular formula is C28H44BIO6. The number of ether oxygens (including phenoxy) is 2. The molecule has 0 saturated carbocycles. The van der Waals surface area contributed by atoms with Gasteiger partial charge in [0, 0.05) is 0 Å². The minimum Gasteiger partial charge on any atom is -0.461 e. The molecule has 1 saturated heterocycles. The largest absolute Gasteiger partial charge is 0.461 e. The first kappa shape index (κ1) is 31.1. The minimum atomic E-state index is -0.915. The number of carbonyl (C=O) groups excluding carboxylic acids is 2. The summed E-state index contributed by atoms with van der Waals surface area (Å²) < 4.78 is 24.6. The van der Waals surface area contributed by atoms with Gasteiger partial charge in [-0.3, -0.25) is 9.59 Å². The Balaban J connectivity index is 2.08. The van der Waals surface area contributed by atoms with Gasteiger partial charge in [0.2, 0.25) is 0 Å². The fourth-order valence-electron chi connectivity index (χ4n) is 4.29. The Kier molecular flexibility index (Phi) is 11.3. The number of alkyl halides is 1. The minimum absolute atomic E-state index is 0.0158. The molecule has 1 aromatic carbocycles. The van der Waals surface area contributed by atoms with Crippen molar-refractivity contribution in [2.24, 2.45) is 5.41 Å². The van der Waals surface area contributed by atoms with Gasteiger partial charge in [-0.25, -0.2) is 0 Å². The van der Waals surface area contributed by atoms with Crippen molar-refractivity contribution in [1.82, 2.24) is 0 Å². The Hall–Kier alpha value is -1.13. The molecule has 1 heterocycles. The number of esters is 2. The second-order valence-electron chi connectivity index (χ2n) is 11.8. The first-order valence-corrected chi connectivity index (χ1v) is 14.6. The third kappa shape index (κ3) is 9.32. The number of halogens is 1. The van der Waals surface area contributed by atoms with Gasteiger partial charge in [0.25, 0.3) is 0 Å². The van der Waals surface area contributed by atoms with E-state index in [1.807, 2.05) is 78.8 Å². The molecule has 0 bridgehead atoms. The molecule has 2 rings (SSSR count). The summed E-state index contributed by atoms with van der Waals surface area (Å²) in [5.74, 6) is -0.684. The summed E-state index contributed by atoms with van der Waals surface area (Å²) in [6.07, 6.45) is 4.30. The van der Waals surface area contributed by atoms with Crippen LogP contribution in [0.4, 0.5) is 0 Å². The number of rotatable bonds is 13. The molecular weight excluding hydrogens is 570 g/mol. The fraction of sp³-hybridized carbons (Fsp3) is 0.714. The van der Waals surface area contributed by atoms with Crippen molar-refractivity contribution in [2.45, 2.75) is 117 Å². The number of unbranched alkanes of at least 4 members (excludes halogenated alkanes) is 1. The van der Waals surface area contributed by atoms with Gasteiger partial charge in [0.05, 0.1) is 23.0 Å². The van der Waals surface area contributed by atoms with Crippen LogP contribution in [0.5, 0.6) is 0 Å². The fourth-order valence-corrected chi connectivity index (χ4v) is 4.67. The van der Waals surface area contributed by atoms with Crippen LogP contribution in [0.2, 0.25) is 6.32 Å². The highest BCUT2D eigenvalue weighted by atomic mass is 127. The second kappa shape index (κ2) is 13.1. The van der Waals surface area contributed by atoms with Crippen molar-refractivity contribution in [3.63, 3.8) is 0 Å². The molecule has 0 amide bonds. The second-order valence-corrected chi connectivity index (χ2v) is 12.9. The average Bonchev–Trinajstić information content (AvgIpc) is 2.99. The highest BCUT2D eigenvalue weighted by Gasteiger charge is 2.50. The molecule has 0 spiro atoms. The Morgan fingerprint density at radius 1 is 0.944 bits per heavy atom. The lowest BCUT2D eigenvalue weighted by Crippen LogP contribution is -2.41. The molecule has 1 atom stereocenters. The van der Waals surface area contributed by atoms with E-state index in [2.05, 4.69) is 22.6 Å². The van der Waals surface area contributed by atoms with E-state index in [4.69, 9.17) is 18.8 Å². The lowest BCUT2D eigenvalue weighted by molar-refractivity contribution is -0.174. The predicted octanol–water partition coefficient (Wildman–Crippen LogP) is 6.93. The maximum Gasteiger partial charge on any atom is 0.457 e. The maximum atomic E-state index is 13.5. The summed E-state index contributed by atoms with van der Waals surface area (Å²) in [5, 5.41) is 0. The molecule has 0 N–H and O–H groups in total. The van der Waals surface area contributed by atoms with Gasteiger partial charge in [-0.15, -0.1) is 0 Å². The van der Waals surface area contributed by atoms with Crippen molar-refractivity contribution in [3.05, 3.63) is 35.9 Å². The average molecular weight is 614 g/mol. The highest BCUT2D eigenvalue weighted by Crippen LogP contribution is 2.40. The van der Waals surface area contributed by atoms with E-state index in [9.17, 15) is 9.59 Å². The molecule has 0 radical (unpaired) electrons. The quantitative estimate of drug-likeness (QED) is 0.0790. The summed E-state index contributed by atoms with van der Waals surface area (Å²) in [5.41, 5.74) is -1.35. The van der Waals surface area contributed by atoms with Crippen LogP contribution >= 0.6 is 22.6 Å². The Morgan fingerprint density at radius 2 is 1.53 bits per heavy atom. The van der Waals surface area contributed by atoms with Crippen LogP contribution in [-0.2, 0) is 35.0 Å². The summed E-state index contributed by atoms with van der Waals surface area (Å²) in [6, 6.07) is 9.58. The predicted molar refractivity (Wildman–Crippen MR) is 152 cm³/mol. The van der Waals surface area contributed by atoms with Gasteiger partial charge in [-0.05, 0) is 84.0 Å². The van der Waals surface area contributed by atoms with Crippen molar-refractivity contribution < 1.29 is 28.4 Å². The van der Waals surface area contributed by atoms with E-state index in [1.54, 1.807) is 0 Å². The summed E-state index contributed by atoms with van der Waals surface area (Å²) >= 11 is 2.31. The molecule has 8 heteroatoms. The maximum absolute atomic E-state index is 13.5. The molecule has 0 aromatic heterocycles. The molecule has 0 aliphatic carbocycles. The van der Waals surface area contributed by atoms with Crippen LogP contribution in [0, 0.1) is 5.41 Å². The zero-order valence-corrected chi connectivity index (χ0v) is 25.3. The smallest absolute Gasteiger partial charge is 0.457 e. The van der Waals surface area contributed by atoms with E-state index in [0.717, 1.165) is 35.6 Å². The Labute approximate surface area is 231 Å². The monoisotopic (exact) mass is 614 g/mol. The molecule has 6 nitrogen and oxygen atoms in total. The van der Waals surface area contributed by atoms with E-state index in [-0.39, 0.29) is 43.3 Å². The lowest BCUT2D eigenvalue weighted by Gasteiger charge is -2.34. The normalized spacial score (nSPS) is 18.5. The number of hydrogen-bond acceptors (Lipinski definition) is 6. The SMILES string of the molecule is CC(C)(C)OC(=O)C(CCCI)(CCCCB1OC(C)(C)C(C)(C)O1)CC(=O)OCc1ccccc1. The van der Waals surface area contributed by atoms with Crippen LogP contribution in [0.1, 0.15) is 92.6 Å². The molecule has 1 aromatic rings. The van der Waals surface area contributed by atoms with E-state index < -0.39 is 11.0 Å². The molecule has 1 unspecified atom stereocenters. The van der Waals surface area contributed by atoms with Crippen molar-refractivity contribution in [1.29, 1.82) is 0 Å². The highest BCUT2D eigenvalue weighted by molar-refractivity contribution is 14.1. The molecule has 1 fully saturated rings. The van der Waals surface area contributed by atoms with Crippen molar-refractivity contribution in [2.75, 3.05) is 4.43 Å². The third-order valence-electron chi connectivity index (χ3n) is 6.99. The van der Waals surface area contributed by atoms with Gasteiger partial charge in [0.15, 0.2) is 0 Å². The van der Waals surface area contributed by atoms with Gasteiger partial charge in [0.1, 0.15) is 12.2 Å². The van der Waals surface area contributed by atoms with Gasteiger partial charge in [-0.1, -0.05) is 65.8 Å². The van der Waals surface area contributed by atoms with Crippen LogP contribution < -0.4 is 0 Å². The zero-order chi connectivity index (χ0) is 27.0. The van der Waals surface area contributed by atoms with Gasteiger partial charge < -0.3 is 18.8 Å². The number of benzene rings is 1. The van der Waals surface area contributed by atoms with Crippen LogP contribution in [0.15, 0.2) is 30.3 Å². The van der Waals surface area contributed by atoms with Gasteiger partial charge >= 0.3 is 19.1 Å². The van der Waals surface area contributed by atoms with E-state index in [1.165, 1.54) is 0 Å². The summed E-state index contributed by atoms with van der Waals surface area (Å²) in [6.45, 7) is 14.0. The summed E-state index contributed by atoms with van der Waals surface area (Å²) in [7, 11) is -0.267. The first-order valence-electron chi connectivity index (χ1n) is 13.0. The van der Waals surface area contributed by atoms with Gasteiger partial charge in [-0.2, -0.15) is 0 Å². The molecule has 202 valence electrons. The third-order valence-corrected chi connectivity index (χ3v) is 7.76. The first-order chi connectivity index (χ1) is 16.7. The lowest BCUT2D eigenvalue weighted by atomic mass is 9.74. The molecule has 1 aliphatic heterocycles. The summed E-state index contributed by atoms with van der Waals surface area (Å²) in [4.78, 5) is 26.5. The number of hydrogen-bond donors (Lipinski definition) is 0. The van der Waals surface area contributed by atoms with Crippen LogP contribution in [0.25, 0.3) is 0 Å². The molecule has 36 heavy (non-hydrogen) atoms. The number of carbonyl (C=O) groups is 2. The van der Waals surface area contributed by atoms with E-state index >= 15 is 0 Å². The van der Waals surface area contributed by atoms with Crippen LogP contribution in [-0.4, -0.2) is 40.3 Å². The Bertz CT molecular complexity index is 835. The Morgan fingerprint density at radius 3 is 2.08 bits per heavy atom. The molecule has 1 aliphatic rings. The standard InChI is InChI=1S/C28H44BIO6/c1-25(2,3)34-24(32)28(17-13-19-30,20-23(31)33-21-22-14-9-8-10-15-22)16-11-12-18-29-35-26(4,5)27(6,7)36-29/h8-10,14-15H,11-13,16-21H2,1-7H3.